The number of pyridine rings is 1. The maximum absolute atomic E-state index is 11.9. The molecule has 4 heteroatoms. The molecule has 104 valence electrons. The molecule has 2 rings (SSSR count). The molecule has 19 heavy (non-hydrogen) atoms. The number of nitrogens with one attached hydrogen (secondary N) is 1. The van der Waals surface area contributed by atoms with Crippen LogP contribution in [0.5, 0.6) is 0 Å². The molecule has 1 aromatic heterocycles. The third kappa shape index (κ3) is 4.31. The molecule has 0 aromatic carbocycles. The molecule has 1 aromatic rings. The number of rotatable bonds is 6. The van der Waals surface area contributed by atoms with Gasteiger partial charge in [0.05, 0.1) is 0 Å². The molecular formula is C15H23N3O. The number of aromatic nitrogens is 1. The number of nitrogens with two attached hydrogens (primary N) is 1. The van der Waals surface area contributed by atoms with Crippen molar-refractivity contribution in [3.05, 3.63) is 30.1 Å². The van der Waals surface area contributed by atoms with E-state index in [1.54, 1.807) is 12.4 Å². The zero-order valence-electron chi connectivity index (χ0n) is 11.3. The Labute approximate surface area is 114 Å². The Balaban J connectivity index is 1.78. The molecule has 0 bridgehead atoms. The van der Waals surface area contributed by atoms with Gasteiger partial charge in [-0.05, 0) is 49.4 Å². The minimum Gasteiger partial charge on any atom is -0.353 e. The molecule has 0 saturated heterocycles. The molecular weight excluding hydrogens is 238 g/mol. The van der Waals surface area contributed by atoms with Gasteiger partial charge in [0, 0.05) is 24.9 Å². The van der Waals surface area contributed by atoms with Crippen molar-refractivity contribution in [1.29, 1.82) is 0 Å². The monoisotopic (exact) mass is 261 g/mol. The standard InChI is InChI=1S/C15H23N3O/c16-11-13(12-7-9-17-10-8-12)5-6-15(19)18-14-3-1-2-4-14/h7-10,13-14H,1-6,11,16H2,(H,18,19). The summed E-state index contributed by atoms with van der Waals surface area (Å²) in [7, 11) is 0. The zero-order chi connectivity index (χ0) is 13.5. The average molecular weight is 261 g/mol. The number of hydrogen-bond donors (Lipinski definition) is 2. The molecule has 0 aliphatic heterocycles. The van der Waals surface area contributed by atoms with Crippen LogP contribution in [0.4, 0.5) is 0 Å². The Hall–Kier alpha value is -1.42. The first-order valence-electron chi connectivity index (χ1n) is 7.19. The summed E-state index contributed by atoms with van der Waals surface area (Å²) >= 11 is 0. The molecule has 0 spiro atoms. The van der Waals surface area contributed by atoms with Gasteiger partial charge in [0.15, 0.2) is 0 Å². The summed E-state index contributed by atoms with van der Waals surface area (Å²) in [4.78, 5) is 15.9. The van der Waals surface area contributed by atoms with Crippen LogP contribution in [0.3, 0.4) is 0 Å². The molecule has 1 heterocycles. The van der Waals surface area contributed by atoms with Gasteiger partial charge in [0.25, 0.3) is 0 Å². The van der Waals surface area contributed by atoms with E-state index in [0.717, 1.165) is 19.3 Å². The highest BCUT2D eigenvalue weighted by molar-refractivity contribution is 5.76. The molecule has 1 fully saturated rings. The van der Waals surface area contributed by atoms with E-state index in [-0.39, 0.29) is 11.8 Å². The molecule has 1 aliphatic carbocycles. The minimum absolute atomic E-state index is 0.166. The largest absolute Gasteiger partial charge is 0.353 e. The molecule has 1 unspecified atom stereocenters. The number of hydrogen-bond acceptors (Lipinski definition) is 3. The molecule has 1 saturated carbocycles. The quantitative estimate of drug-likeness (QED) is 0.822. The maximum Gasteiger partial charge on any atom is 0.220 e. The van der Waals surface area contributed by atoms with Crippen molar-refractivity contribution in [2.45, 2.75) is 50.5 Å². The molecule has 0 radical (unpaired) electrons. The topological polar surface area (TPSA) is 68.0 Å². The van der Waals surface area contributed by atoms with Gasteiger partial charge < -0.3 is 11.1 Å². The molecule has 3 N–H and O–H groups in total. The summed E-state index contributed by atoms with van der Waals surface area (Å²) in [6, 6.07) is 4.36. The van der Waals surface area contributed by atoms with E-state index >= 15 is 0 Å². The van der Waals surface area contributed by atoms with E-state index < -0.39 is 0 Å². The van der Waals surface area contributed by atoms with E-state index in [9.17, 15) is 4.79 Å². The summed E-state index contributed by atoms with van der Waals surface area (Å²) in [5.41, 5.74) is 6.97. The van der Waals surface area contributed by atoms with Crippen LogP contribution in [0.25, 0.3) is 0 Å². The lowest BCUT2D eigenvalue weighted by atomic mass is 9.95. The molecule has 4 nitrogen and oxygen atoms in total. The van der Waals surface area contributed by atoms with Gasteiger partial charge in [0.2, 0.25) is 5.91 Å². The van der Waals surface area contributed by atoms with Crippen LogP contribution >= 0.6 is 0 Å². The van der Waals surface area contributed by atoms with Crippen LogP contribution in [0.1, 0.15) is 50.0 Å². The first-order valence-corrected chi connectivity index (χ1v) is 7.19. The smallest absolute Gasteiger partial charge is 0.220 e. The number of nitrogens with zero attached hydrogens (tertiary/aromatic N) is 1. The summed E-state index contributed by atoms with van der Waals surface area (Å²) < 4.78 is 0. The normalized spacial score (nSPS) is 17.3. The van der Waals surface area contributed by atoms with Crippen LogP contribution in [-0.4, -0.2) is 23.5 Å². The second-order valence-electron chi connectivity index (χ2n) is 5.30. The lowest BCUT2D eigenvalue weighted by molar-refractivity contribution is -0.121. The van der Waals surface area contributed by atoms with Crippen molar-refractivity contribution in [2.75, 3.05) is 6.54 Å². The average Bonchev–Trinajstić information content (AvgIpc) is 2.93. The Bertz CT molecular complexity index is 388. The van der Waals surface area contributed by atoms with Crippen LogP contribution in [-0.2, 0) is 4.79 Å². The number of carbonyl (C=O) groups excluding carboxylic acids is 1. The second kappa shape index (κ2) is 7.24. The number of carbonyl (C=O) groups is 1. The Kier molecular flexibility index (Phi) is 5.33. The molecule has 1 amide bonds. The van der Waals surface area contributed by atoms with Crippen LogP contribution in [0, 0.1) is 0 Å². The third-order valence-electron chi connectivity index (χ3n) is 3.90. The zero-order valence-corrected chi connectivity index (χ0v) is 11.3. The highest BCUT2D eigenvalue weighted by atomic mass is 16.1. The van der Waals surface area contributed by atoms with E-state index in [4.69, 9.17) is 5.73 Å². The Morgan fingerprint density at radius 3 is 2.68 bits per heavy atom. The fourth-order valence-electron chi connectivity index (χ4n) is 2.73. The van der Waals surface area contributed by atoms with Crippen molar-refractivity contribution in [3.63, 3.8) is 0 Å². The highest BCUT2D eigenvalue weighted by Crippen LogP contribution is 2.20. The van der Waals surface area contributed by atoms with Gasteiger partial charge in [-0.15, -0.1) is 0 Å². The maximum atomic E-state index is 11.9. The molecule has 1 atom stereocenters. The lowest BCUT2D eigenvalue weighted by Gasteiger charge is -2.16. The van der Waals surface area contributed by atoms with Gasteiger partial charge in [-0.25, -0.2) is 0 Å². The van der Waals surface area contributed by atoms with E-state index in [2.05, 4.69) is 10.3 Å². The first-order chi connectivity index (χ1) is 9.29. The second-order valence-corrected chi connectivity index (χ2v) is 5.30. The predicted molar refractivity (Wildman–Crippen MR) is 75.7 cm³/mol. The van der Waals surface area contributed by atoms with Crippen LogP contribution in [0.2, 0.25) is 0 Å². The van der Waals surface area contributed by atoms with Crippen LogP contribution < -0.4 is 11.1 Å². The third-order valence-corrected chi connectivity index (χ3v) is 3.90. The van der Waals surface area contributed by atoms with Gasteiger partial charge in [-0.1, -0.05) is 12.8 Å². The van der Waals surface area contributed by atoms with E-state index in [1.807, 2.05) is 12.1 Å². The summed E-state index contributed by atoms with van der Waals surface area (Å²) in [5.74, 6) is 0.414. The van der Waals surface area contributed by atoms with E-state index in [0.29, 0.717) is 19.0 Å². The predicted octanol–water partition coefficient (Wildman–Crippen LogP) is 1.96. The van der Waals surface area contributed by atoms with Crippen molar-refractivity contribution in [2.24, 2.45) is 5.73 Å². The summed E-state index contributed by atoms with van der Waals surface area (Å²) in [5, 5.41) is 3.12. The molecule has 1 aliphatic rings. The lowest BCUT2D eigenvalue weighted by Crippen LogP contribution is -2.32. The summed E-state index contributed by atoms with van der Waals surface area (Å²) in [6.45, 7) is 0.570. The van der Waals surface area contributed by atoms with Crippen molar-refractivity contribution in [3.8, 4) is 0 Å². The van der Waals surface area contributed by atoms with Gasteiger partial charge in [-0.3, -0.25) is 9.78 Å². The van der Waals surface area contributed by atoms with Gasteiger partial charge in [-0.2, -0.15) is 0 Å². The van der Waals surface area contributed by atoms with Gasteiger partial charge >= 0.3 is 0 Å². The van der Waals surface area contributed by atoms with Crippen molar-refractivity contribution in [1.82, 2.24) is 10.3 Å². The van der Waals surface area contributed by atoms with Crippen molar-refractivity contribution < 1.29 is 4.79 Å². The fraction of sp³-hybridized carbons (Fsp3) is 0.600. The fourth-order valence-corrected chi connectivity index (χ4v) is 2.73. The number of amides is 1. The Morgan fingerprint density at radius 2 is 2.05 bits per heavy atom. The summed E-state index contributed by atoms with van der Waals surface area (Å²) in [6.07, 6.45) is 9.67. The van der Waals surface area contributed by atoms with E-state index in [1.165, 1.54) is 18.4 Å². The van der Waals surface area contributed by atoms with Crippen molar-refractivity contribution >= 4 is 5.91 Å². The Morgan fingerprint density at radius 1 is 1.37 bits per heavy atom. The first kappa shape index (κ1) is 14.0. The minimum atomic E-state index is 0.166. The van der Waals surface area contributed by atoms with Crippen LogP contribution in [0.15, 0.2) is 24.5 Å². The highest BCUT2D eigenvalue weighted by Gasteiger charge is 2.18. The van der Waals surface area contributed by atoms with Gasteiger partial charge in [0.1, 0.15) is 0 Å². The SMILES string of the molecule is NCC(CCC(=O)NC1CCCC1)c1ccncc1.